The van der Waals surface area contributed by atoms with Crippen molar-refractivity contribution in [2.75, 3.05) is 0 Å². The Hall–Kier alpha value is -2.18. The van der Waals surface area contributed by atoms with E-state index < -0.39 is 16.8 Å². The molecule has 0 saturated heterocycles. The van der Waals surface area contributed by atoms with Gasteiger partial charge in [-0.25, -0.2) is 4.39 Å². The molecule has 2 N–H and O–H groups in total. The van der Waals surface area contributed by atoms with E-state index in [0.29, 0.717) is 11.3 Å². The molecule has 1 unspecified atom stereocenters. The quantitative estimate of drug-likeness (QED) is 0.678. The molecule has 0 aliphatic rings. The minimum absolute atomic E-state index is 0.111. The van der Waals surface area contributed by atoms with Gasteiger partial charge in [-0.05, 0) is 31.2 Å². The number of nitro benzene ring substituents is 1. The van der Waals surface area contributed by atoms with Gasteiger partial charge in [0.2, 0.25) is 0 Å². The third kappa shape index (κ3) is 3.48. The van der Waals surface area contributed by atoms with Crippen LogP contribution in [0.5, 0.6) is 11.5 Å². The molecule has 0 heterocycles. The molecule has 7 heteroatoms. The maximum absolute atomic E-state index is 13.3. The lowest BCUT2D eigenvalue weighted by Crippen LogP contribution is -2.07. The topological polar surface area (TPSA) is 78.4 Å². The third-order valence-electron chi connectivity index (χ3n) is 2.81. The van der Waals surface area contributed by atoms with Gasteiger partial charge in [0.1, 0.15) is 11.6 Å². The highest BCUT2D eigenvalue weighted by molar-refractivity contribution is 6.32. The molecule has 0 amide bonds. The average Bonchev–Trinajstić information content (AvgIpc) is 2.42. The molecule has 2 aromatic carbocycles. The van der Waals surface area contributed by atoms with E-state index in [0.717, 1.165) is 0 Å². The molecule has 2 aromatic rings. The standard InChI is InChI=1S/C14H12ClFN2O3/c1-8(17)11-6-9(16)2-5-13(11)21-14-7-10(18(19)20)3-4-12(14)15/h2-8H,17H2,1H3. The van der Waals surface area contributed by atoms with Crippen molar-refractivity contribution in [2.24, 2.45) is 5.73 Å². The molecule has 0 saturated carbocycles. The molecule has 110 valence electrons. The maximum atomic E-state index is 13.3. The van der Waals surface area contributed by atoms with Crippen LogP contribution in [0.15, 0.2) is 36.4 Å². The predicted molar refractivity (Wildman–Crippen MR) is 77.2 cm³/mol. The fourth-order valence-corrected chi connectivity index (χ4v) is 1.93. The van der Waals surface area contributed by atoms with Crippen LogP contribution in [-0.2, 0) is 0 Å². The Balaban J connectivity index is 2.43. The molecule has 0 radical (unpaired) electrons. The summed E-state index contributed by atoms with van der Waals surface area (Å²) in [6.45, 7) is 1.68. The van der Waals surface area contributed by atoms with E-state index in [1.54, 1.807) is 6.92 Å². The zero-order valence-electron chi connectivity index (χ0n) is 11.0. The van der Waals surface area contributed by atoms with Gasteiger partial charge in [0, 0.05) is 17.7 Å². The lowest BCUT2D eigenvalue weighted by atomic mass is 10.1. The fourth-order valence-electron chi connectivity index (χ4n) is 1.77. The minimum Gasteiger partial charge on any atom is -0.455 e. The molecule has 5 nitrogen and oxygen atoms in total. The molecule has 2 rings (SSSR count). The smallest absolute Gasteiger partial charge is 0.273 e. The molecular weight excluding hydrogens is 299 g/mol. The molecule has 0 aromatic heterocycles. The van der Waals surface area contributed by atoms with Crippen molar-refractivity contribution in [1.82, 2.24) is 0 Å². The Labute approximate surface area is 125 Å². The van der Waals surface area contributed by atoms with Crippen molar-refractivity contribution in [3.05, 3.63) is 62.9 Å². The van der Waals surface area contributed by atoms with Crippen LogP contribution < -0.4 is 10.5 Å². The van der Waals surface area contributed by atoms with E-state index in [1.165, 1.54) is 36.4 Å². The number of non-ortho nitro benzene ring substituents is 1. The monoisotopic (exact) mass is 310 g/mol. The summed E-state index contributed by atoms with van der Waals surface area (Å²) in [6.07, 6.45) is 0. The number of ether oxygens (including phenoxy) is 1. The van der Waals surface area contributed by atoms with Crippen molar-refractivity contribution in [3.63, 3.8) is 0 Å². The zero-order valence-corrected chi connectivity index (χ0v) is 11.8. The van der Waals surface area contributed by atoms with E-state index in [4.69, 9.17) is 22.1 Å². The predicted octanol–water partition coefficient (Wildman–Crippen LogP) is 4.20. The highest BCUT2D eigenvalue weighted by Crippen LogP contribution is 2.35. The van der Waals surface area contributed by atoms with Crippen molar-refractivity contribution in [1.29, 1.82) is 0 Å². The highest BCUT2D eigenvalue weighted by atomic mass is 35.5. The molecule has 0 bridgehead atoms. The minimum atomic E-state index is -0.555. The number of nitrogens with zero attached hydrogens (tertiary/aromatic N) is 1. The van der Waals surface area contributed by atoms with Gasteiger partial charge in [-0.15, -0.1) is 0 Å². The van der Waals surface area contributed by atoms with Crippen LogP contribution in [0.2, 0.25) is 5.02 Å². The Morgan fingerprint density at radius 2 is 2.00 bits per heavy atom. The van der Waals surface area contributed by atoms with Crippen molar-refractivity contribution in [3.8, 4) is 11.5 Å². The second-order valence-electron chi connectivity index (χ2n) is 4.44. The lowest BCUT2D eigenvalue weighted by molar-refractivity contribution is -0.384. The van der Waals surface area contributed by atoms with Gasteiger partial charge in [-0.1, -0.05) is 11.6 Å². The number of halogens is 2. The Morgan fingerprint density at radius 1 is 1.29 bits per heavy atom. The van der Waals surface area contributed by atoms with E-state index in [2.05, 4.69) is 0 Å². The number of benzene rings is 2. The van der Waals surface area contributed by atoms with Crippen LogP contribution in [0.3, 0.4) is 0 Å². The first-order valence-corrected chi connectivity index (χ1v) is 6.43. The summed E-state index contributed by atoms with van der Waals surface area (Å²) < 4.78 is 18.8. The summed E-state index contributed by atoms with van der Waals surface area (Å²) in [5, 5.41) is 11.0. The van der Waals surface area contributed by atoms with Crippen molar-refractivity contribution >= 4 is 17.3 Å². The Morgan fingerprint density at radius 3 is 2.62 bits per heavy atom. The first-order valence-electron chi connectivity index (χ1n) is 6.05. The van der Waals surface area contributed by atoms with Gasteiger partial charge in [-0.2, -0.15) is 0 Å². The van der Waals surface area contributed by atoms with Crippen LogP contribution in [0.1, 0.15) is 18.5 Å². The summed E-state index contributed by atoms with van der Waals surface area (Å²) in [7, 11) is 0. The van der Waals surface area contributed by atoms with Gasteiger partial charge in [0.05, 0.1) is 16.0 Å². The first kappa shape index (κ1) is 15.2. The van der Waals surface area contributed by atoms with Gasteiger partial charge >= 0.3 is 0 Å². The fraction of sp³-hybridized carbons (Fsp3) is 0.143. The summed E-state index contributed by atoms with van der Waals surface area (Å²) in [5.41, 5.74) is 6.05. The van der Waals surface area contributed by atoms with Crippen LogP contribution in [0, 0.1) is 15.9 Å². The second-order valence-corrected chi connectivity index (χ2v) is 4.85. The van der Waals surface area contributed by atoms with Crippen LogP contribution in [0.25, 0.3) is 0 Å². The van der Waals surface area contributed by atoms with E-state index in [9.17, 15) is 14.5 Å². The first-order chi connectivity index (χ1) is 9.88. The summed E-state index contributed by atoms with van der Waals surface area (Å²) >= 11 is 5.96. The number of nitrogens with two attached hydrogens (primary N) is 1. The zero-order chi connectivity index (χ0) is 15.6. The Bertz CT molecular complexity index is 692. The van der Waals surface area contributed by atoms with Gasteiger partial charge in [-0.3, -0.25) is 10.1 Å². The van der Waals surface area contributed by atoms with Gasteiger partial charge in [0.25, 0.3) is 5.69 Å². The van der Waals surface area contributed by atoms with Crippen molar-refractivity contribution < 1.29 is 14.1 Å². The van der Waals surface area contributed by atoms with E-state index >= 15 is 0 Å². The Kier molecular flexibility index (Phi) is 4.40. The molecule has 0 fully saturated rings. The summed E-state index contributed by atoms with van der Waals surface area (Å²) in [4.78, 5) is 10.2. The normalized spacial score (nSPS) is 12.0. The number of rotatable bonds is 4. The maximum Gasteiger partial charge on any atom is 0.273 e. The van der Waals surface area contributed by atoms with Crippen LogP contribution in [0.4, 0.5) is 10.1 Å². The van der Waals surface area contributed by atoms with E-state index in [-0.39, 0.29) is 16.5 Å². The highest BCUT2D eigenvalue weighted by Gasteiger charge is 2.15. The van der Waals surface area contributed by atoms with Gasteiger partial charge < -0.3 is 10.5 Å². The molecule has 0 spiro atoms. The number of hydrogen-bond acceptors (Lipinski definition) is 4. The summed E-state index contributed by atoms with van der Waals surface area (Å²) in [5.74, 6) is -0.0343. The van der Waals surface area contributed by atoms with E-state index in [1.807, 2.05) is 0 Å². The average molecular weight is 311 g/mol. The molecule has 1 atom stereocenters. The van der Waals surface area contributed by atoms with Gasteiger partial charge in [0.15, 0.2) is 5.75 Å². The third-order valence-corrected chi connectivity index (χ3v) is 3.12. The SMILES string of the molecule is CC(N)c1cc(F)ccc1Oc1cc([N+](=O)[O-])ccc1Cl. The number of hydrogen-bond donors (Lipinski definition) is 1. The second kappa shape index (κ2) is 6.07. The van der Waals surface area contributed by atoms with Crippen molar-refractivity contribution in [2.45, 2.75) is 13.0 Å². The number of nitro groups is 1. The van der Waals surface area contributed by atoms with Crippen LogP contribution in [-0.4, -0.2) is 4.92 Å². The lowest BCUT2D eigenvalue weighted by Gasteiger charge is -2.14. The molecule has 0 aliphatic heterocycles. The summed E-state index contributed by atoms with van der Waals surface area (Å²) in [6, 6.07) is 7.25. The molecular formula is C14H12ClFN2O3. The van der Waals surface area contributed by atoms with Crippen LogP contribution >= 0.6 is 11.6 Å². The molecule has 21 heavy (non-hydrogen) atoms. The molecule has 0 aliphatic carbocycles. The largest absolute Gasteiger partial charge is 0.455 e.